The molecule has 1 fully saturated rings. The van der Waals surface area contributed by atoms with Crippen molar-refractivity contribution in [1.82, 2.24) is 14.9 Å². The number of rotatable bonds is 7. The zero-order valence-corrected chi connectivity index (χ0v) is 17.8. The van der Waals surface area contributed by atoms with E-state index < -0.39 is 0 Å². The van der Waals surface area contributed by atoms with Crippen molar-refractivity contribution in [1.29, 1.82) is 0 Å². The van der Waals surface area contributed by atoms with Crippen molar-refractivity contribution >= 4 is 0 Å². The van der Waals surface area contributed by atoms with Gasteiger partial charge in [0.2, 0.25) is 0 Å². The van der Waals surface area contributed by atoms with Crippen LogP contribution in [0.3, 0.4) is 0 Å². The third-order valence-electron chi connectivity index (χ3n) is 6.06. The van der Waals surface area contributed by atoms with Gasteiger partial charge in [0.1, 0.15) is 11.6 Å². The molecule has 1 atom stereocenters. The van der Waals surface area contributed by atoms with Crippen molar-refractivity contribution < 1.29 is 14.2 Å². The normalized spacial score (nSPS) is 19.3. The van der Waals surface area contributed by atoms with Crippen LogP contribution < -0.4 is 4.74 Å². The summed E-state index contributed by atoms with van der Waals surface area (Å²) in [5.41, 5.74) is 2.31. The van der Waals surface area contributed by atoms with E-state index in [0.29, 0.717) is 24.4 Å². The first kappa shape index (κ1) is 21.4. The summed E-state index contributed by atoms with van der Waals surface area (Å²) < 4.78 is 19.4. The van der Waals surface area contributed by atoms with Gasteiger partial charge >= 0.3 is 0 Å². The summed E-state index contributed by atoms with van der Waals surface area (Å²) in [5, 5.41) is 10.2. The molecule has 2 aromatic carbocycles. The lowest BCUT2D eigenvalue weighted by molar-refractivity contribution is 0.0282. The molecule has 5 nitrogen and oxygen atoms in total. The predicted molar refractivity (Wildman–Crippen MR) is 118 cm³/mol. The quantitative estimate of drug-likeness (QED) is 0.622. The second-order valence-electron chi connectivity index (χ2n) is 8.38. The van der Waals surface area contributed by atoms with E-state index in [9.17, 15) is 9.50 Å². The molecule has 0 amide bonds. The van der Waals surface area contributed by atoms with Gasteiger partial charge in [0, 0.05) is 42.0 Å². The van der Waals surface area contributed by atoms with Crippen LogP contribution in [0.2, 0.25) is 0 Å². The minimum Gasteiger partial charge on any atom is -0.497 e. The fourth-order valence-corrected chi connectivity index (χ4v) is 4.40. The summed E-state index contributed by atoms with van der Waals surface area (Å²) in [6.45, 7) is 2.42. The van der Waals surface area contributed by atoms with Crippen LogP contribution in [0.15, 0.2) is 60.9 Å². The molecule has 6 heteroatoms. The zero-order chi connectivity index (χ0) is 21.7. The minimum absolute atomic E-state index is 0.0464. The van der Waals surface area contributed by atoms with Gasteiger partial charge in [-0.05, 0) is 61.7 Å². The first-order valence-electron chi connectivity index (χ1n) is 10.6. The van der Waals surface area contributed by atoms with Crippen molar-refractivity contribution in [3.05, 3.63) is 77.9 Å². The Morgan fingerprint density at radius 3 is 2.52 bits per heavy atom. The lowest BCUT2D eigenvalue weighted by Crippen LogP contribution is -2.46. The molecule has 1 aromatic heterocycles. The van der Waals surface area contributed by atoms with Crippen LogP contribution in [0.5, 0.6) is 5.75 Å². The minimum atomic E-state index is -0.329. The van der Waals surface area contributed by atoms with Gasteiger partial charge in [-0.2, -0.15) is 0 Å². The molecule has 1 saturated heterocycles. The maximum Gasteiger partial charge on any atom is 0.159 e. The van der Waals surface area contributed by atoms with Crippen molar-refractivity contribution in [3.63, 3.8) is 0 Å². The predicted octanol–water partition coefficient (Wildman–Crippen LogP) is 4.11. The molecule has 0 bridgehead atoms. The number of nitrogens with zero attached hydrogens (tertiary/aromatic N) is 3. The van der Waals surface area contributed by atoms with Crippen molar-refractivity contribution in [2.24, 2.45) is 5.41 Å². The van der Waals surface area contributed by atoms with Gasteiger partial charge in [0.25, 0.3) is 0 Å². The van der Waals surface area contributed by atoms with E-state index in [1.165, 1.54) is 6.07 Å². The largest absolute Gasteiger partial charge is 0.497 e. The maximum atomic E-state index is 14.2. The van der Waals surface area contributed by atoms with E-state index in [2.05, 4.69) is 14.9 Å². The van der Waals surface area contributed by atoms with Crippen molar-refractivity contribution in [2.75, 3.05) is 26.8 Å². The van der Waals surface area contributed by atoms with Gasteiger partial charge in [-0.1, -0.05) is 18.2 Å². The highest BCUT2D eigenvalue weighted by molar-refractivity contribution is 5.55. The SMILES string of the molecule is COc1ccc(-c2ncc(CN3CCC[C@@](CO)(Cc4ccccc4F)C3)cn2)cc1. The summed E-state index contributed by atoms with van der Waals surface area (Å²) in [4.78, 5) is 11.4. The van der Waals surface area contributed by atoms with Gasteiger partial charge in [0.05, 0.1) is 13.7 Å². The third-order valence-corrected chi connectivity index (χ3v) is 6.06. The standard InChI is InChI=1S/C25H28FN3O2/c1-31-22-9-7-20(8-10-22)24-27-14-19(15-28-24)16-29-12-4-11-25(17-29,18-30)13-21-5-2-3-6-23(21)26/h2-3,5-10,14-15,30H,4,11-13,16-18H2,1H3/t25-/m1/s1. The van der Waals surface area contributed by atoms with Gasteiger partial charge in [-0.25, -0.2) is 14.4 Å². The number of aliphatic hydroxyl groups is 1. The Morgan fingerprint density at radius 1 is 1.10 bits per heavy atom. The lowest BCUT2D eigenvalue weighted by atomic mass is 9.75. The number of benzene rings is 2. The number of methoxy groups -OCH3 is 1. The van der Waals surface area contributed by atoms with E-state index in [1.54, 1.807) is 13.2 Å². The number of hydrogen-bond donors (Lipinski definition) is 1. The van der Waals surface area contributed by atoms with E-state index in [0.717, 1.165) is 42.8 Å². The molecule has 162 valence electrons. The average Bonchev–Trinajstić information content (AvgIpc) is 2.81. The molecule has 4 rings (SSSR count). The molecular weight excluding hydrogens is 393 g/mol. The number of ether oxygens (including phenoxy) is 1. The Hall–Kier alpha value is -2.83. The van der Waals surface area contributed by atoms with Crippen LogP contribution in [0, 0.1) is 11.2 Å². The number of hydrogen-bond acceptors (Lipinski definition) is 5. The highest BCUT2D eigenvalue weighted by atomic mass is 19.1. The first-order chi connectivity index (χ1) is 15.1. The molecule has 31 heavy (non-hydrogen) atoms. The van der Waals surface area contributed by atoms with Gasteiger partial charge in [-0.3, -0.25) is 4.90 Å². The summed E-state index contributed by atoms with van der Waals surface area (Å²) >= 11 is 0. The van der Waals surface area contributed by atoms with Crippen molar-refractivity contribution in [3.8, 4) is 17.1 Å². The Bertz CT molecular complexity index is 994. The number of piperidine rings is 1. The van der Waals surface area contributed by atoms with Gasteiger partial charge in [-0.15, -0.1) is 0 Å². The molecule has 2 heterocycles. The smallest absolute Gasteiger partial charge is 0.159 e. The monoisotopic (exact) mass is 421 g/mol. The maximum absolute atomic E-state index is 14.2. The van der Waals surface area contributed by atoms with Crippen LogP contribution >= 0.6 is 0 Å². The molecule has 0 unspecified atom stereocenters. The average molecular weight is 422 g/mol. The number of aliphatic hydroxyl groups excluding tert-OH is 1. The molecular formula is C25H28FN3O2. The Morgan fingerprint density at radius 2 is 1.84 bits per heavy atom. The highest BCUT2D eigenvalue weighted by Gasteiger charge is 2.35. The van der Waals surface area contributed by atoms with E-state index in [1.807, 2.05) is 48.8 Å². The molecule has 0 spiro atoms. The number of likely N-dealkylation sites (tertiary alicyclic amines) is 1. The van der Waals surface area contributed by atoms with Crippen LogP contribution in [-0.2, 0) is 13.0 Å². The Kier molecular flexibility index (Phi) is 6.59. The van der Waals surface area contributed by atoms with E-state index in [4.69, 9.17) is 4.74 Å². The van der Waals surface area contributed by atoms with E-state index in [-0.39, 0.29) is 17.8 Å². The molecule has 0 aliphatic carbocycles. The topological polar surface area (TPSA) is 58.5 Å². The fourth-order valence-electron chi connectivity index (χ4n) is 4.40. The molecule has 0 radical (unpaired) electrons. The summed E-state index contributed by atoms with van der Waals surface area (Å²) in [6, 6.07) is 14.5. The second kappa shape index (κ2) is 9.54. The first-order valence-corrected chi connectivity index (χ1v) is 10.6. The van der Waals surface area contributed by atoms with Gasteiger partial charge < -0.3 is 9.84 Å². The van der Waals surface area contributed by atoms with Crippen LogP contribution in [-0.4, -0.2) is 46.8 Å². The molecule has 0 saturated carbocycles. The lowest BCUT2D eigenvalue weighted by Gasteiger charge is -2.42. The zero-order valence-electron chi connectivity index (χ0n) is 17.8. The third kappa shape index (κ3) is 5.09. The molecule has 1 aliphatic heterocycles. The summed E-state index contributed by atoms with van der Waals surface area (Å²) in [7, 11) is 1.64. The Labute approximate surface area is 182 Å². The highest BCUT2D eigenvalue weighted by Crippen LogP contribution is 2.34. The molecule has 1 N–H and O–H groups in total. The summed E-state index contributed by atoms with van der Waals surface area (Å²) in [5.74, 6) is 1.28. The van der Waals surface area contributed by atoms with Crippen LogP contribution in [0.1, 0.15) is 24.0 Å². The van der Waals surface area contributed by atoms with Crippen molar-refractivity contribution in [2.45, 2.75) is 25.8 Å². The molecule has 1 aliphatic rings. The number of halogens is 1. The summed E-state index contributed by atoms with van der Waals surface area (Å²) in [6.07, 6.45) is 6.12. The van der Waals surface area contributed by atoms with E-state index >= 15 is 0 Å². The number of aromatic nitrogens is 2. The molecule has 3 aromatic rings. The fraction of sp³-hybridized carbons (Fsp3) is 0.360. The van der Waals surface area contributed by atoms with Gasteiger partial charge in [0.15, 0.2) is 5.82 Å². The Balaban J connectivity index is 1.43. The van der Waals surface area contributed by atoms with Crippen LogP contribution in [0.25, 0.3) is 11.4 Å². The second-order valence-corrected chi connectivity index (χ2v) is 8.38. The van der Waals surface area contributed by atoms with Crippen LogP contribution in [0.4, 0.5) is 4.39 Å².